The normalized spacial score (nSPS) is 19.0. The number of thiol groups is 1. The highest BCUT2D eigenvalue weighted by atomic mass is 32.1. The quantitative estimate of drug-likeness (QED) is 0.624. The molecule has 0 spiro atoms. The molecule has 1 aromatic rings. The van der Waals surface area contributed by atoms with Gasteiger partial charge < -0.3 is 5.32 Å². The molecule has 1 amide bonds. The van der Waals surface area contributed by atoms with Crippen LogP contribution in [-0.2, 0) is 11.2 Å². The summed E-state index contributed by atoms with van der Waals surface area (Å²) in [5, 5.41) is 3.07. The zero-order valence-corrected chi connectivity index (χ0v) is 10.6. The first-order chi connectivity index (χ1) is 8.24. The van der Waals surface area contributed by atoms with Crippen molar-refractivity contribution in [3.05, 3.63) is 42.0 Å². The number of rotatable bonds is 3. The van der Waals surface area contributed by atoms with Crippen molar-refractivity contribution in [1.82, 2.24) is 5.32 Å². The van der Waals surface area contributed by atoms with Crippen LogP contribution in [0.4, 0.5) is 0 Å². The minimum absolute atomic E-state index is 0.109. The number of hydrogen-bond donors (Lipinski definition) is 2. The molecule has 90 valence electrons. The fourth-order valence-corrected chi connectivity index (χ4v) is 2.15. The number of benzene rings is 1. The lowest BCUT2D eigenvalue weighted by Gasteiger charge is -2.19. The fraction of sp³-hybridized carbons (Fsp3) is 0.357. The summed E-state index contributed by atoms with van der Waals surface area (Å²) in [6.07, 6.45) is 7.85. The van der Waals surface area contributed by atoms with Gasteiger partial charge in [0.2, 0.25) is 5.91 Å². The maximum Gasteiger partial charge on any atom is 0.224 e. The molecule has 1 aromatic carbocycles. The highest BCUT2D eigenvalue weighted by Gasteiger charge is 2.12. The third kappa shape index (κ3) is 3.93. The van der Waals surface area contributed by atoms with Gasteiger partial charge in [-0.05, 0) is 37.0 Å². The summed E-state index contributed by atoms with van der Waals surface area (Å²) in [6, 6.07) is 8.03. The minimum atomic E-state index is 0.109. The molecule has 2 nitrogen and oxygen atoms in total. The van der Waals surface area contributed by atoms with Gasteiger partial charge in [-0.15, -0.1) is 12.6 Å². The van der Waals surface area contributed by atoms with Crippen molar-refractivity contribution in [2.75, 3.05) is 0 Å². The van der Waals surface area contributed by atoms with Crippen LogP contribution in [0.15, 0.2) is 41.3 Å². The van der Waals surface area contributed by atoms with Crippen molar-refractivity contribution in [1.29, 1.82) is 0 Å². The standard InChI is InChI=1S/C14H17NOS/c16-14(15-12-4-2-1-3-5-12)10-11-6-8-13(17)9-7-11/h1-2,6-9,12,17H,3-5,10H2,(H,15,16). The summed E-state index contributed by atoms with van der Waals surface area (Å²) < 4.78 is 0. The third-order valence-electron chi connectivity index (χ3n) is 2.94. The minimum Gasteiger partial charge on any atom is -0.353 e. The van der Waals surface area contributed by atoms with Gasteiger partial charge in [0, 0.05) is 10.9 Å². The Balaban J connectivity index is 1.84. The first-order valence-corrected chi connectivity index (χ1v) is 6.41. The predicted molar refractivity (Wildman–Crippen MR) is 72.3 cm³/mol. The predicted octanol–water partition coefficient (Wildman–Crippen LogP) is 2.74. The lowest BCUT2D eigenvalue weighted by molar-refractivity contribution is -0.121. The Morgan fingerprint density at radius 1 is 1.29 bits per heavy atom. The second-order valence-electron chi connectivity index (χ2n) is 4.39. The zero-order chi connectivity index (χ0) is 12.1. The SMILES string of the molecule is O=C(Cc1ccc(S)cc1)NC1CC=CCC1. The van der Waals surface area contributed by atoms with Gasteiger partial charge in [-0.3, -0.25) is 4.79 Å². The van der Waals surface area contributed by atoms with Crippen molar-refractivity contribution in [3.63, 3.8) is 0 Å². The molecule has 1 unspecified atom stereocenters. The maximum absolute atomic E-state index is 11.8. The molecule has 0 fully saturated rings. The Labute approximate surface area is 108 Å². The van der Waals surface area contributed by atoms with Crippen LogP contribution in [0.25, 0.3) is 0 Å². The summed E-state index contributed by atoms with van der Waals surface area (Å²) in [5.41, 5.74) is 1.03. The molecule has 17 heavy (non-hydrogen) atoms. The maximum atomic E-state index is 11.8. The van der Waals surface area contributed by atoms with Gasteiger partial charge in [0.25, 0.3) is 0 Å². The lowest BCUT2D eigenvalue weighted by Crippen LogP contribution is -2.36. The van der Waals surface area contributed by atoms with Gasteiger partial charge in [-0.25, -0.2) is 0 Å². The zero-order valence-electron chi connectivity index (χ0n) is 9.73. The molecular weight excluding hydrogens is 230 g/mol. The van der Waals surface area contributed by atoms with Crippen molar-refractivity contribution < 1.29 is 4.79 Å². The van der Waals surface area contributed by atoms with Crippen LogP contribution in [0.1, 0.15) is 24.8 Å². The average Bonchev–Trinajstić information content (AvgIpc) is 2.33. The van der Waals surface area contributed by atoms with E-state index in [1.54, 1.807) is 0 Å². The highest BCUT2D eigenvalue weighted by Crippen LogP contribution is 2.12. The molecular formula is C14H17NOS. The van der Waals surface area contributed by atoms with E-state index in [0.29, 0.717) is 12.5 Å². The number of nitrogens with one attached hydrogen (secondary N) is 1. The Kier molecular flexibility index (Phi) is 4.26. The van der Waals surface area contributed by atoms with Crippen molar-refractivity contribution in [2.24, 2.45) is 0 Å². The first-order valence-electron chi connectivity index (χ1n) is 5.96. The van der Waals surface area contributed by atoms with Crippen LogP contribution in [-0.4, -0.2) is 11.9 Å². The highest BCUT2D eigenvalue weighted by molar-refractivity contribution is 7.80. The molecule has 0 bridgehead atoms. The summed E-state index contributed by atoms with van der Waals surface area (Å²) in [7, 11) is 0. The molecule has 1 aliphatic carbocycles. The van der Waals surface area contributed by atoms with E-state index in [1.165, 1.54) is 0 Å². The van der Waals surface area contributed by atoms with Crippen molar-refractivity contribution >= 4 is 18.5 Å². The smallest absolute Gasteiger partial charge is 0.224 e. The number of allylic oxidation sites excluding steroid dienone is 1. The summed E-state index contributed by atoms with van der Waals surface area (Å²) in [6.45, 7) is 0. The summed E-state index contributed by atoms with van der Waals surface area (Å²) >= 11 is 4.22. The number of carbonyl (C=O) groups is 1. The van der Waals surface area contributed by atoms with Gasteiger partial charge in [-0.1, -0.05) is 24.3 Å². The van der Waals surface area contributed by atoms with Crippen molar-refractivity contribution in [2.45, 2.75) is 36.6 Å². The van der Waals surface area contributed by atoms with Crippen LogP contribution >= 0.6 is 12.6 Å². The van der Waals surface area contributed by atoms with E-state index in [1.807, 2.05) is 24.3 Å². The van der Waals surface area contributed by atoms with Gasteiger partial charge >= 0.3 is 0 Å². The monoisotopic (exact) mass is 247 g/mol. The molecule has 3 heteroatoms. The molecule has 0 saturated heterocycles. The van der Waals surface area contributed by atoms with E-state index in [0.717, 1.165) is 29.7 Å². The Hall–Kier alpha value is -1.22. The van der Waals surface area contributed by atoms with Crippen LogP contribution in [0.2, 0.25) is 0 Å². The van der Waals surface area contributed by atoms with Crippen LogP contribution < -0.4 is 5.32 Å². The third-order valence-corrected chi connectivity index (χ3v) is 3.23. The van der Waals surface area contributed by atoms with Crippen LogP contribution in [0, 0.1) is 0 Å². The number of amides is 1. The Bertz CT molecular complexity index is 411. The van der Waals surface area contributed by atoms with E-state index < -0.39 is 0 Å². The topological polar surface area (TPSA) is 29.1 Å². The summed E-state index contributed by atoms with van der Waals surface area (Å²) in [4.78, 5) is 12.7. The van der Waals surface area contributed by atoms with E-state index in [9.17, 15) is 4.79 Å². The molecule has 0 aliphatic heterocycles. The molecule has 1 aliphatic rings. The molecule has 0 aromatic heterocycles. The Morgan fingerprint density at radius 3 is 2.71 bits per heavy atom. The second-order valence-corrected chi connectivity index (χ2v) is 4.91. The molecule has 0 saturated carbocycles. The van der Waals surface area contributed by atoms with Gasteiger partial charge in [-0.2, -0.15) is 0 Å². The number of carbonyl (C=O) groups excluding carboxylic acids is 1. The molecule has 1 N–H and O–H groups in total. The summed E-state index contributed by atoms with van der Waals surface area (Å²) in [5.74, 6) is 0.109. The molecule has 0 radical (unpaired) electrons. The largest absolute Gasteiger partial charge is 0.353 e. The van der Waals surface area contributed by atoms with Gasteiger partial charge in [0.1, 0.15) is 0 Å². The second kappa shape index (κ2) is 5.92. The molecule has 2 rings (SSSR count). The molecule has 0 heterocycles. The lowest BCUT2D eigenvalue weighted by atomic mass is 10.0. The number of hydrogen-bond acceptors (Lipinski definition) is 2. The Morgan fingerprint density at radius 2 is 2.06 bits per heavy atom. The van der Waals surface area contributed by atoms with E-state index in [4.69, 9.17) is 0 Å². The van der Waals surface area contributed by atoms with E-state index >= 15 is 0 Å². The average molecular weight is 247 g/mol. The van der Waals surface area contributed by atoms with Gasteiger partial charge in [0.15, 0.2) is 0 Å². The van der Waals surface area contributed by atoms with E-state index in [2.05, 4.69) is 30.1 Å². The van der Waals surface area contributed by atoms with Crippen molar-refractivity contribution in [3.8, 4) is 0 Å². The van der Waals surface area contributed by atoms with E-state index in [-0.39, 0.29) is 5.91 Å². The van der Waals surface area contributed by atoms with Crippen LogP contribution in [0.5, 0.6) is 0 Å². The molecule has 1 atom stereocenters. The van der Waals surface area contributed by atoms with Gasteiger partial charge in [0.05, 0.1) is 6.42 Å². The first kappa shape index (κ1) is 12.2. The fourth-order valence-electron chi connectivity index (χ4n) is 2.00. The van der Waals surface area contributed by atoms with Crippen LogP contribution in [0.3, 0.4) is 0 Å².